The Labute approximate surface area is 164 Å². The van der Waals surface area contributed by atoms with Gasteiger partial charge in [0.15, 0.2) is 0 Å². The Bertz CT molecular complexity index is 831. The minimum Gasteiger partial charge on any atom is -0.361 e. The maximum absolute atomic E-state index is 4.81. The van der Waals surface area contributed by atoms with E-state index in [1.54, 1.807) is 0 Å². The summed E-state index contributed by atoms with van der Waals surface area (Å²) in [6.45, 7) is 0.830. The number of anilines is 1. The molecule has 0 saturated heterocycles. The quantitative estimate of drug-likeness (QED) is 0.574. The second-order valence-electron chi connectivity index (χ2n) is 5.05. The molecular formula is C16H14EuN4. The molecule has 0 aliphatic carbocycles. The standard InChI is InChI=1S/C16H14N4.Eu/c1-19-9-10-20(11-19)14-7-6-13-5-4-12-3-2-8-17-15(12)16(13)18-14;/h2-10H,11H2,1H3;. The molecule has 0 atom stereocenters. The first-order chi connectivity index (χ1) is 9.81. The van der Waals surface area contributed by atoms with Crippen LogP contribution in [0.4, 0.5) is 5.82 Å². The van der Waals surface area contributed by atoms with Crippen molar-refractivity contribution in [3.8, 4) is 0 Å². The normalized spacial score (nSPS) is 14.0. The van der Waals surface area contributed by atoms with Crippen LogP contribution in [0.1, 0.15) is 0 Å². The number of nitrogens with zero attached hydrogens (tertiary/aromatic N) is 4. The van der Waals surface area contributed by atoms with Gasteiger partial charge in [0.25, 0.3) is 0 Å². The van der Waals surface area contributed by atoms with Gasteiger partial charge >= 0.3 is 0 Å². The maximum Gasteiger partial charge on any atom is 0.134 e. The third-order valence-electron chi connectivity index (χ3n) is 3.59. The molecule has 1 aromatic carbocycles. The monoisotopic (exact) mass is 415 g/mol. The van der Waals surface area contributed by atoms with Gasteiger partial charge < -0.3 is 9.80 Å². The van der Waals surface area contributed by atoms with Crippen molar-refractivity contribution in [3.05, 3.63) is 55.0 Å². The molecule has 105 valence electrons. The summed E-state index contributed by atoms with van der Waals surface area (Å²) in [5.41, 5.74) is 1.92. The van der Waals surface area contributed by atoms with Crippen LogP contribution in [0.3, 0.4) is 0 Å². The van der Waals surface area contributed by atoms with Crippen molar-refractivity contribution in [1.82, 2.24) is 14.9 Å². The molecule has 3 heterocycles. The molecule has 1 aliphatic rings. The predicted molar refractivity (Wildman–Crippen MR) is 81.3 cm³/mol. The topological polar surface area (TPSA) is 32.3 Å². The fourth-order valence-corrected chi connectivity index (χ4v) is 2.55. The summed E-state index contributed by atoms with van der Waals surface area (Å²) in [6.07, 6.45) is 5.92. The molecule has 1 aliphatic heterocycles. The van der Waals surface area contributed by atoms with Gasteiger partial charge in [-0.15, -0.1) is 0 Å². The Balaban J connectivity index is 0.00000132. The maximum atomic E-state index is 4.81. The van der Waals surface area contributed by atoms with Gasteiger partial charge in [0.1, 0.15) is 5.82 Å². The summed E-state index contributed by atoms with van der Waals surface area (Å²) in [5, 5.41) is 2.25. The zero-order valence-electron chi connectivity index (χ0n) is 11.6. The third kappa shape index (κ3) is 2.70. The fourth-order valence-electron chi connectivity index (χ4n) is 2.55. The second kappa shape index (κ2) is 5.99. The second-order valence-corrected chi connectivity index (χ2v) is 5.05. The zero-order chi connectivity index (χ0) is 13.5. The predicted octanol–water partition coefficient (Wildman–Crippen LogP) is 2.96. The van der Waals surface area contributed by atoms with Crippen LogP contribution in [0, 0.1) is 49.4 Å². The molecule has 0 fully saturated rings. The Morgan fingerprint density at radius 2 is 1.71 bits per heavy atom. The number of rotatable bonds is 1. The first kappa shape index (κ1) is 14.9. The number of hydrogen-bond acceptors (Lipinski definition) is 4. The van der Waals surface area contributed by atoms with Crippen molar-refractivity contribution in [2.24, 2.45) is 0 Å². The molecule has 5 heteroatoms. The Hall–Kier alpha value is -1.04. The van der Waals surface area contributed by atoms with Crippen LogP contribution in [0.5, 0.6) is 0 Å². The summed E-state index contributed by atoms with van der Waals surface area (Å²) < 4.78 is 0. The molecule has 0 unspecified atom stereocenters. The number of pyridine rings is 2. The van der Waals surface area contributed by atoms with E-state index in [1.165, 1.54) is 0 Å². The van der Waals surface area contributed by atoms with E-state index < -0.39 is 0 Å². The third-order valence-corrected chi connectivity index (χ3v) is 3.59. The van der Waals surface area contributed by atoms with Crippen LogP contribution < -0.4 is 4.90 Å². The molecule has 0 spiro atoms. The van der Waals surface area contributed by atoms with Crippen LogP contribution in [-0.2, 0) is 0 Å². The molecule has 4 nitrogen and oxygen atoms in total. The van der Waals surface area contributed by atoms with E-state index in [0.29, 0.717) is 0 Å². The molecule has 2 aromatic heterocycles. The smallest absolute Gasteiger partial charge is 0.134 e. The first-order valence-corrected chi connectivity index (χ1v) is 6.61. The van der Waals surface area contributed by atoms with Crippen LogP contribution >= 0.6 is 0 Å². The first-order valence-electron chi connectivity index (χ1n) is 6.61. The van der Waals surface area contributed by atoms with E-state index >= 15 is 0 Å². The van der Waals surface area contributed by atoms with Crippen molar-refractivity contribution in [1.29, 1.82) is 0 Å². The van der Waals surface area contributed by atoms with Gasteiger partial charge in [-0.3, -0.25) is 4.98 Å². The van der Waals surface area contributed by atoms with Crippen molar-refractivity contribution in [2.75, 3.05) is 18.6 Å². The Kier molecular flexibility index (Phi) is 4.25. The SMILES string of the molecule is CN1C=CN(c2ccc3ccc4cccnc4c3n2)C1.[Eu]. The number of fused-ring (bicyclic) bond motifs is 3. The average Bonchev–Trinajstić information content (AvgIpc) is 2.93. The summed E-state index contributed by atoms with van der Waals surface area (Å²) >= 11 is 0. The molecule has 0 N–H and O–H groups in total. The summed E-state index contributed by atoms with van der Waals surface area (Å²) in [4.78, 5) is 13.5. The number of hydrogen-bond donors (Lipinski definition) is 0. The van der Waals surface area contributed by atoms with Crippen LogP contribution in [0.15, 0.2) is 55.0 Å². The zero-order valence-corrected chi connectivity index (χ0v) is 14.0. The van der Waals surface area contributed by atoms with Gasteiger partial charge in [-0.05, 0) is 18.2 Å². The van der Waals surface area contributed by atoms with Gasteiger partial charge in [-0.25, -0.2) is 4.98 Å². The van der Waals surface area contributed by atoms with E-state index in [2.05, 4.69) is 52.2 Å². The molecule has 21 heavy (non-hydrogen) atoms. The summed E-state index contributed by atoms with van der Waals surface area (Å²) in [5.74, 6) is 0.955. The number of aromatic nitrogens is 2. The largest absolute Gasteiger partial charge is 0.361 e. The molecular weight excluding hydrogens is 400 g/mol. The van der Waals surface area contributed by atoms with E-state index in [0.717, 1.165) is 34.3 Å². The van der Waals surface area contributed by atoms with Crippen LogP contribution in [-0.4, -0.2) is 28.6 Å². The summed E-state index contributed by atoms with van der Waals surface area (Å²) in [7, 11) is 2.05. The molecule has 3 aromatic rings. The van der Waals surface area contributed by atoms with E-state index in [1.807, 2.05) is 24.7 Å². The van der Waals surface area contributed by atoms with Crippen molar-refractivity contribution >= 4 is 27.6 Å². The van der Waals surface area contributed by atoms with Crippen LogP contribution in [0.25, 0.3) is 21.8 Å². The molecule has 0 amide bonds. The molecule has 4 rings (SSSR count). The van der Waals surface area contributed by atoms with Crippen LogP contribution in [0.2, 0.25) is 0 Å². The van der Waals surface area contributed by atoms with Gasteiger partial charge in [-0.1, -0.05) is 18.2 Å². The Morgan fingerprint density at radius 3 is 2.48 bits per heavy atom. The molecule has 0 bridgehead atoms. The van der Waals surface area contributed by atoms with Crippen molar-refractivity contribution in [3.63, 3.8) is 0 Å². The van der Waals surface area contributed by atoms with Crippen molar-refractivity contribution in [2.45, 2.75) is 0 Å². The van der Waals surface area contributed by atoms with E-state index in [-0.39, 0.29) is 49.4 Å². The fraction of sp³-hybridized carbons (Fsp3) is 0.125. The molecule has 0 saturated carbocycles. The van der Waals surface area contributed by atoms with Gasteiger partial charge in [0, 0.05) is 85.8 Å². The van der Waals surface area contributed by atoms with E-state index in [4.69, 9.17) is 4.98 Å². The van der Waals surface area contributed by atoms with E-state index in [9.17, 15) is 0 Å². The minimum atomic E-state index is 0. The average molecular weight is 414 g/mol. The van der Waals surface area contributed by atoms with Gasteiger partial charge in [0.2, 0.25) is 0 Å². The van der Waals surface area contributed by atoms with Gasteiger partial charge in [0.05, 0.1) is 17.7 Å². The van der Waals surface area contributed by atoms with Gasteiger partial charge in [-0.2, -0.15) is 0 Å². The molecule has 1 radical (unpaired) electrons. The number of benzene rings is 1. The summed E-state index contributed by atoms with van der Waals surface area (Å²) in [6, 6.07) is 12.4. The minimum absolute atomic E-state index is 0. The van der Waals surface area contributed by atoms with Crippen molar-refractivity contribution < 1.29 is 49.4 Å². The Morgan fingerprint density at radius 1 is 0.952 bits per heavy atom.